The molecular formula is C21H21N3O4S2. The number of hydrogen-bond acceptors (Lipinski definition) is 7. The summed E-state index contributed by atoms with van der Waals surface area (Å²) in [6.45, 7) is 2.23. The van der Waals surface area contributed by atoms with Crippen molar-refractivity contribution in [3.63, 3.8) is 0 Å². The number of H-pyrrole nitrogens is 1. The Labute approximate surface area is 181 Å². The summed E-state index contributed by atoms with van der Waals surface area (Å²) in [7, 11) is 1.32. The Morgan fingerprint density at radius 2 is 2.10 bits per heavy atom. The fourth-order valence-corrected chi connectivity index (χ4v) is 5.64. The minimum atomic E-state index is -0.432. The number of amides is 1. The Bertz CT molecular complexity index is 1170. The number of aromatic nitrogens is 2. The number of benzene rings is 1. The Balaban J connectivity index is 1.42. The molecule has 7 nitrogen and oxygen atoms in total. The molecule has 2 heterocycles. The van der Waals surface area contributed by atoms with Crippen LogP contribution in [-0.2, 0) is 22.4 Å². The molecule has 156 valence electrons. The molecule has 0 radical (unpaired) electrons. The number of rotatable bonds is 5. The third-order valence-corrected chi connectivity index (χ3v) is 7.09. The highest BCUT2D eigenvalue weighted by atomic mass is 32.2. The fourth-order valence-electron chi connectivity index (χ4n) is 3.54. The zero-order chi connectivity index (χ0) is 21.3. The normalized spacial score (nSPS) is 15.6. The van der Waals surface area contributed by atoms with Crippen LogP contribution in [-0.4, -0.2) is 34.7 Å². The van der Waals surface area contributed by atoms with Crippen LogP contribution in [0.15, 0.2) is 34.2 Å². The van der Waals surface area contributed by atoms with Crippen molar-refractivity contribution in [2.45, 2.75) is 31.3 Å². The van der Waals surface area contributed by atoms with E-state index in [1.165, 1.54) is 23.7 Å². The molecule has 1 atom stereocenters. The molecule has 3 aromatic rings. The van der Waals surface area contributed by atoms with E-state index in [4.69, 9.17) is 0 Å². The average Bonchev–Trinajstić information content (AvgIpc) is 3.10. The first-order valence-corrected chi connectivity index (χ1v) is 11.4. The van der Waals surface area contributed by atoms with E-state index in [0.29, 0.717) is 27.7 Å². The van der Waals surface area contributed by atoms with E-state index in [2.05, 4.69) is 26.9 Å². The lowest BCUT2D eigenvalue weighted by atomic mass is 9.89. The summed E-state index contributed by atoms with van der Waals surface area (Å²) in [5.74, 6) is 0.0743. The third-order valence-electron chi connectivity index (χ3n) is 5.07. The van der Waals surface area contributed by atoms with Crippen LogP contribution in [0.4, 0.5) is 5.69 Å². The SMILES string of the molecule is COC(=O)c1ccc(NC(=O)CSc2nc3sc4c(c3c(=O)[nH]2)CC[C@@H](C)C4)cc1. The molecule has 0 fully saturated rings. The maximum absolute atomic E-state index is 12.6. The summed E-state index contributed by atoms with van der Waals surface area (Å²) in [6.07, 6.45) is 3.01. The molecule has 2 N–H and O–H groups in total. The van der Waals surface area contributed by atoms with Crippen LogP contribution in [0, 0.1) is 5.92 Å². The van der Waals surface area contributed by atoms with Crippen LogP contribution in [0.5, 0.6) is 0 Å². The molecule has 0 saturated heterocycles. The summed E-state index contributed by atoms with van der Waals surface area (Å²) < 4.78 is 4.65. The van der Waals surface area contributed by atoms with E-state index in [-0.39, 0.29) is 17.2 Å². The van der Waals surface area contributed by atoms with Gasteiger partial charge in [-0.3, -0.25) is 9.59 Å². The van der Waals surface area contributed by atoms with Gasteiger partial charge in [0.2, 0.25) is 5.91 Å². The van der Waals surface area contributed by atoms with Gasteiger partial charge in [0.15, 0.2) is 5.16 Å². The third kappa shape index (κ3) is 4.27. The lowest BCUT2D eigenvalue weighted by Gasteiger charge is -2.17. The van der Waals surface area contributed by atoms with E-state index in [9.17, 15) is 14.4 Å². The first-order chi connectivity index (χ1) is 14.4. The maximum Gasteiger partial charge on any atom is 0.337 e. The summed E-state index contributed by atoms with van der Waals surface area (Å²) in [5, 5.41) is 3.91. The van der Waals surface area contributed by atoms with Crippen molar-refractivity contribution in [3.05, 3.63) is 50.6 Å². The van der Waals surface area contributed by atoms with E-state index in [0.717, 1.165) is 29.7 Å². The van der Waals surface area contributed by atoms with Crippen LogP contribution in [0.2, 0.25) is 0 Å². The molecule has 4 rings (SSSR count). The van der Waals surface area contributed by atoms with Gasteiger partial charge in [0.25, 0.3) is 5.56 Å². The number of carbonyl (C=O) groups excluding carboxylic acids is 2. The fraction of sp³-hybridized carbons (Fsp3) is 0.333. The van der Waals surface area contributed by atoms with Crippen LogP contribution in [0.3, 0.4) is 0 Å². The molecule has 9 heteroatoms. The van der Waals surface area contributed by atoms with Crippen LogP contribution >= 0.6 is 23.1 Å². The van der Waals surface area contributed by atoms with Crippen molar-refractivity contribution in [1.29, 1.82) is 0 Å². The minimum Gasteiger partial charge on any atom is -0.465 e. The standard InChI is InChI=1S/C21H21N3O4S2/c1-11-3-8-14-15(9-11)30-19-17(14)18(26)23-21(24-19)29-10-16(25)22-13-6-4-12(5-7-13)20(27)28-2/h4-7,11H,3,8-10H2,1-2H3,(H,22,25)(H,23,24,26)/t11-/m1/s1. The lowest BCUT2D eigenvalue weighted by molar-refractivity contribution is -0.113. The van der Waals surface area contributed by atoms with Crippen molar-refractivity contribution in [2.75, 3.05) is 18.2 Å². The lowest BCUT2D eigenvalue weighted by Crippen LogP contribution is -2.16. The summed E-state index contributed by atoms with van der Waals surface area (Å²) in [6, 6.07) is 6.44. The van der Waals surface area contributed by atoms with Crippen LogP contribution < -0.4 is 10.9 Å². The molecule has 1 aliphatic rings. The highest BCUT2D eigenvalue weighted by Crippen LogP contribution is 2.36. The first-order valence-electron chi connectivity index (χ1n) is 9.60. The van der Waals surface area contributed by atoms with Gasteiger partial charge < -0.3 is 15.0 Å². The number of ether oxygens (including phenoxy) is 1. The van der Waals surface area contributed by atoms with Gasteiger partial charge in [0.1, 0.15) is 4.83 Å². The van der Waals surface area contributed by atoms with Gasteiger partial charge in [-0.2, -0.15) is 0 Å². The number of hydrogen-bond donors (Lipinski definition) is 2. The molecule has 0 saturated carbocycles. The number of anilines is 1. The van der Waals surface area contributed by atoms with Gasteiger partial charge in [-0.1, -0.05) is 18.7 Å². The monoisotopic (exact) mass is 443 g/mol. The second kappa shape index (κ2) is 8.61. The predicted octanol–water partition coefficient (Wildman–Crippen LogP) is 3.63. The van der Waals surface area contributed by atoms with E-state index in [1.807, 2.05) is 0 Å². The summed E-state index contributed by atoms with van der Waals surface area (Å²) >= 11 is 2.78. The highest BCUT2D eigenvalue weighted by molar-refractivity contribution is 7.99. The number of carbonyl (C=O) groups is 2. The van der Waals surface area contributed by atoms with Gasteiger partial charge in [0, 0.05) is 10.6 Å². The quantitative estimate of drug-likeness (QED) is 0.355. The van der Waals surface area contributed by atoms with Crippen molar-refractivity contribution in [3.8, 4) is 0 Å². The van der Waals surface area contributed by atoms with Gasteiger partial charge >= 0.3 is 5.97 Å². The Hall–Kier alpha value is -2.65. The Morgan fingerprint density at radius 1 is 1.33 bits per heavy atom. The van der Waals surface area contributed by atoms with Gasteiger partial charge in [0.05, 0.1) is 23.8 Å². The number of thiophene rings is 1. The molecule has 0 bridgehead atoms. The second-order valence-electron chi connectivity index (χ2n) is 7.31. The highest BCUT2D eigenvalue weighted by Gasteiger charge is 2.23. The van der Waals surface area contributed by atoms with Crippen molar-refractivity contribution in [1.82, 2.24) is 9.97 Å². The number of esters is 1. The molecule has 0 unspecified atom stereocenters. The molecule has 2 aromatic heterocycles. The Morgan fingerprint density at radius 3 is 2.83 bits per heavy atom. The number of fused-ring (bicyclic) bond motifs is 3. The largest absolute Gasteiger partial charge is 0.465 e. The van der Waals surface area contributed by atoms with Crippen molar-refractivity contribution < 1.29 is 14.3 Å². The molecule has 1 amide bonds. The van der Waals surface area contributed by atoms with Gasteiger partial charge in [-0.05, 0) is 55.0 Å². The van der Waals surface area contributed by atoms with Gasteiger partial charge in [-0.15, -0.1) is 11.3 Å². The van der Waals surface area contributed by atoms with E-state index < -0.39 is 5.97 Å². The van der Waals surface area contributed by atoms with Crippen molar-refractivity contribution >= 4 is 50.9 Å². The molecule has 0 aliphatic heterocycles. The zero-order valence-electron chi connectivity index (χ0n) is 16.6. The average molecular weight is 444 g/mol. The number of nitrogens with one attached hydrogen (secondary N) is 2. The Kier molecular flexibility index (Phi) is 5.92. The molecule has 0 spiro atoms. The molecule has 1 aliphatic carbocycles. The summed E-state index contributed by atoms with van der Waals surface area (Å²) in [4.78, 5) is 45.7. The van der Waals surface area contributed by atoms with Crippen molar-refractivity contribution in [2.24, 2.45) is 5.92 Å². The number of aryl methyl sites for hydroxylation is 1. The number of nitrogens with zero attached hydrogens (tertiary/aromatic N) is 1. The van der Waals surface area contributed by atoms with Crippen LogP contribution in [0.25, 0.3) is 10.2 Å². The number of methoxy groups -OCH3 is 1. The molecule has 30 heavy (non-hydrogen) atoms. The van der Waals surface area contributed by atoms with E-state index in [1.54, 1.807) is 35.6 Å². The molecule has 1 aromatic carbocycles. The minimum absolute atomic E-state index is 0.106. The summed E-state index contributed by atoms with van der Waals surface area (Å²) in [5.41, 5.74) is 2.00. The second-order valence-corrected chi connectivity index (χ2v) is 9.36. The number of aromatic amines is 1. The van der Waals surface area contributed by atoms with E-state index >= 15 is 0 Å². The zero-order valence-corrected chi connectivity index (χ0v) is 18.2. The number of thioether (sulfide) groups is 1. The molecular weight excluding hydrogens is 422 g/mol. The van der Waals surface area contributed by atoms with Gasteiger partial charge in [-0.25, -0.2) is 9.78 Å². The topological polar surface area (TPSA) is 101 Å². The first kappa shape index (κ1) is 20.6. The predicted molar refractivity (Wildman–Crippen MR) is 119 cm³/mol. The smallest absolute Gasteiger partial charge is 0.337 e. The maximum atomic E-state index is 12.6. The van der Waals surface area contributed by atoms with Crippen LogP contribution in [0.1, 0.15) is 34.1 Å².